The van der Waals surface area contributed by atoms with E-state index in [0.29, 0.717) is 0 Å². The number of nitrogens with two attached hydrogens (primary N) is 1. The molecular weight excluding hydrogens is 232 g/mol. The second-order valence-electron chi connectivity index (χ2n) is 7.33. The lowest BCUT2D eigenvalue weighted by Gasteiger charge is -2.45. The maximum atomic E-state index is 6.11. The van der Waals surface area contributed by atoms with Gasteiger partial charge in [0.05, 0.1) is 0 Å². The molecule has 1 atom stereocenters. The average Bonchev–Trinajstić information content (AvgIpc) is 2.44. The summed E-state index contributed by atoms with van der Waals surface area (Å²) in [6, 6.07) is 0.753. The number of nitrogens with zero attached hydrogens (tertiary/aromatic N) is 1. The average molecular weight is 268 g/mol. The van der Waals surface area contributed by atoms with E-state index in [1.807, 2.05) is 0 Å². The summed E-state index contributed by atoms with van der Waals surface area (Å²) in [5.41, 5.74) is 6.30. The zero-order chi connectivity index (χ0) is 14.5. The van der Waals surface area contributed by atoms with Crippen LogP contribution in [0, 0.1) is 11.8 Å². The van der Waals surface area contributed by atoms with Gasteiger partial charge in [0.1, 0.15) is 0 Å². The summed E-state index contributed by atoms with van der Waals surface area (Å²) in [7, 11) is 2.31. The molecule has 2 N–H and O–H groups in total. The van der Waals surface area contributed by atoms with Gasteiger partial charge in [0.2, 0.25) is 0 Å². The van der Waals surface area contributed by atoms with Crippen molar-refractivity contribution in [2.75, 3.05) is 13.6 Å². The first-order chi connectivity index (χ1) is 8.92. The summed E-state index contributed by atoms with van der Waals surface area (Å²) in [5.74, 6) is 1.75. The summed E-state index contributed by atoms with van der Waals surface area (Å²) >= 11 is 0. The third-order valence-corrected chi connectivity index (χ3v) is 5.49. The van der Waals surface area contributed by atoms with Crippen LogP contribution < -0.4 is 5.73 Å². The lowest BCUT2D eigenvalue weighted by atomic mass is 9.81. The monoisotopic (exact) mass is 268 g/mol. The van der Waals surface area contributed by atoms with E-state index in [1.54, 1.807) is 0 Å². The fraction of sp³-hybridized carbons (Fsp3) is 1.00. The van der Waals surface area contributed by atoms with E-state index in [2.05, 4.69) is 39.6 Å². The van der Waals surface area contributed by atoms with E-state index in [1.165, 1.54) is 44.9 Å². The van der Waals surface area contributed by atoms with E-state index in [4.69, 9.17) is 5.73 Å². The molecule has 0 bridgehead atoms. The topological polar surface area (TPSA) is 29.3 Å². The van der Waals surface area contributed by atoms with Gasteiger partial charge in [-0.3, -0.25) is 4.90 Å². The molecule has 1 saturated carbocycles. The highest BCUT2D eigenvalue weighted by Gasteiger charge is 2.34. The summed E-state index contributed by atoms with van der Waals surface area (Å²) in [4.78, 5) is 2.61. The molecule has 0 spiro atoms. The third-order valence-electron chi connectivity index (χ3n) is 5.49. The van der Waals surface area contributed by atoms with Crippen molar-refractivity contribution in [3.8, 4) is 0 Å². The largest absolute Gasteiger partial charge is 0.329 e. The van der Waals surface area contributed by atoms with Gasteiger partial charge in [-0.05, 0) is 64.3 Å². The van der Waals surface area contributed by atoms with Crippen molar-refractivity contribution in [3.63, 3.8) is 0 Å². The molecule has 2 heteroatoms. The normalized spacial score (nSPS) is 27.8. The molecule has 1 unspecified atom stereocenters. The second kappa shape index (κ2) is 7.64. The number of likely N-dealkylation sites (N-methyl/N-ethyl adjacent to an activating group) is 1. The van der Waals surface area contributed by atoms with Crippen LogP contribution in [-0.2, 0) is 0 Å². The summed E-state index contributed by atoms with van der Waals surface area (Å²) in [6.07, 6.45) is 9.43. The van der Waals surface area contributed by atoms with Crippen molar-refractivity contribution in [1.82, 2.24) is 4.90 Å². The molecule has 0 aromatic rings. The lowest BCUT2D eigenvalue weighted by Crippen LogP contribution is -2.54. The standard InChI is InChI=1S/C17H36N2/c1-6-15-7-9-16(10-8-15)19(5)17(4,13-18)12-11-14(2)3/h14-16H,6-13,18H2,1-5H3. The van der Waals surface area contributed by atoms with Crippen LogP contribution in [0.4, 0.5) is 0 Å². The molecule has 0 radical (unpaired) electrons. The SMILES string of the molecule is CCC1CCC(N(C)C(C)(CN)CCC(C)C)CC1. The molecule has 0 aliphatic heterocycles. The van der Waals surface area contributed by atoms with E-state index in [-0.39, 0.29) is 5.54 Å². The quantitative estimate of drug-likeness (QED) is 0.755. The highest BCUT2D eigenvalue weighted by molar-refractivity contribution is 4.91. The van der Waals surface area contributed by atoms with Crippen molar-refractivity contribution < 1.29 is 0 Å². The Balaban J connectivity index is 2.55. The first-order valence-electron chi connectivity index (χ1n) is 8.36. The fourth-order valence-electron chi connectivity index (χ4n) is 3.40. The molecule has 114 valence electrons. The van der Waals surface area contributed by atoms with E-state index >= 15 is 0 Å². The molecule has 0 aromatic heterocycles. The fourth-order valence-corrected chi connectivity index (χ4v) is 3.40. The second-order valence-corrected chi connectivity index (χ2v) is 7.33. The van der Waals surface area contributed by atoms with Crippen LogP contribution in [0.1, 0.15) is 72.6 Å². The molecule has 1 aliphatic carbocycles. The van der Waals surface area contributed by atoms with Crippen LogP contribution in [0.15, 0.2) is 0 Å². The molecule has 0 amide bonds. The van der Waals surface area contributed by atoms with Crippen LogP contribution in [0.5, 0.6) is 0 Å². The minimum atomic E-state index is 0.188. The van der Waals surface area contributed by atoms with Crippen molar-refractivity contribution in [2.45, 2.75) is 84.2 Å². The first kappa shape index (κ1) is 17.0. The van der Waals surface area contributed by atoms with Gasteiger partial charge in [-0.15, -0.1) is 0 Å². The Bertz CT molecular complexity index is 244. The minimum Gasteiger partial charge on any atom is -0.329 e. The molecule has 0 aromatic carbocycles. The van der Waals surface area contributed by atoms with Crippen LogP contribution >= 0.6 is 0 Å². The molecule has 1 fully saturated rings. The Kier molecular flexibility index (Phi) is 6.82. The predicted octanol–water partition coefficient (Wildman–Crippen LogP) is 4.04. The zero-order valence-corrected chi connectivity index (χ0v) is 13.9. The minimum absolute atomic E-state index is 0.188. The highest BCUT2D eigenvalue weighted by atomic mass is 15.2. The Morgan fingerprint density at radius 2 is 1.79 bits per heavy atom. The van der Waals surface area contributed by atoms with Crippen molar-refractivity contribution in [1.29, 1.82) is 0 Å². The maximum Gasteiger partial charge on any atom is 0.0303 e. The molecule has 0 saturated heterocycles. The molecule has 1 rings (SSSR count). The maximum absolute atomic E-state index is 6.11. The van der Waals surface area contributed by atoms with Crippen LogP contribution in [0.2, 0.25) is 0 Å². The Morgan fingerprint density at radius 3 is 2.21 bits per heavy atom. The van der Waals surface area contributed by atoms with Gasteiger partial charge in [-0.25, -0.2) is 0 Å². The van der Waals surface area contributed by atoms with Gasteiger partial charge < -0.3 is 5.73 Å². The van der Waals surface area contributed by atoms with E-state index in [9.17, 15) is 0 Å². The Hall–Kier alpha value is -0.0800. The predicted molar refractivity (Wildman–Crippen MR) is 85.3 cm³/mol. The molecule has 2 nitrogen and oxygen atoms in total. The van der Waals surface area contributed by atoms with Gasteiger partial charge in [0.15, 0.2) is 0 Å². The van der Waals surface area contributed by atoms with Gasteiger partial charge in [-0.2, -0.15) is 0 Å². The number of rotatable bonds is 7. The molecular formula is C17H36N2. The Labute approximate surface area is 121 Å². The zero-order valence-electron chi connectivity index (χ0n) is 13.9. The van der Waals surface area contributed by atoms with E-state index in [0.717, 1.165) is 24.4 Å². The summed E-state index contributed by atoms with van der Waals surface area (Å²) < 4.78 is 0. The summed E-state index contributed by atoms with van der Waals surface area (Å²) in [6.45, 7) is 10.1. The van der Waals surface area contributed by atoms with Gasteiger partial charge in [-0.1, -0.05) is 27.2 Å². The van der Waals surface area contributed by atoms with Gasteiger partial charge in [0, 0.05) is 18.1 Å². The van der Waals surface area contributed by atoms with Crippen molar-refractivity contribution in [2.24, 2.45) is 17.6 Å². The smallest absolute Gasteiger partial charge is 0.0303 e. The van der Waals surface area contributed by atoms with Crippen LogP contribution in [-0.4, -0.2) is 30.1 Å². The van der Waals surface area contributed by atoms with Crippen LogP contribution in [0.25, 0.3) is 0 Å². The van der Waals surface area contributed by atoms with Crippen molar-refractivity contribution in [3.05, 3.63) is 0 Å². The summed E-state index contributed by atoms with van der Waals surface area (Å²) in [5, 5.41) is 0. The number of hydrogen-bond donors (Lipinski definition) is 1. The van der Waals surface area contributed by atoms with Crippen LogP contribution in [0.3, 0.4) is 0 Å². The molecule has 0 heterocycles. The van der Waals surface area contributed by atoms with E-state index < -0.39 is 0 Å². The lowest BCUT2D eigenvalue weighted by molar-refractivity contribution is 0.0508. The highest BCUT2D eigenvalue weighted by Crippen LogP contribution is 2.33. The van der Waals surface area contributed by atoms with Gasteiger partial charge in [0.25, 0.3) is 0 Å². The molecule has 19 heavy (non-hydrogen) atoms. The molecule has 1 aliphatic rings. The number of hydrogen-bond acceptors (Lipinski definition) is 2. The van der Waals surface area contributed by atoms with Crippen molar-refractivity contribution >= 4 is 0 Å². The first-order valence-corrected chi connectivity index (χ1v) is 8.36. The third kappa shape index (κ3) is 4.75. The Morgan fingerprint density at radius 1 is 1.21 bits per heavy atom. The van der Waals surface area contributed by atoms with Gasteiger partial charge >= 0.3 is 0 Å².